The first kappa shape index (κ1) is 26.8. The minimum Gasteiger partial charge on any atom is -0.235 e. The number of hydrogen-bond acceptors (Lipinski definition) is 7. The molecule has 0 unspecified atom stereocenters. The molecule has 47 heavy (non-hydrogen) atoms. The highest BCUT2D eigenvalue weighted by atomic mass is 32.1. The molecule has 4 aromatic heterocycles. The largest absolute Gasteiger partial charge is 0.235 e. The van der Waals surface area contributed by atoms with E-state index in [1.807, 2.05) is 47.7 Å². The van der Waals surface area contributed by atoms with Crippen molar-refractivity contribution in [1.82, 2.24) is 19.9 Å². The van der Waals surface area contributed by atoms with E-state index < -0.39 is 0 Å². The third-order valence-corrected chi connectivity index (χ3v) is 12.0. The van der Waals surface area contributed by atoms with Crippen molar-refractivity contribution in [2.45, 2.75) is 0 Å². The molecular weight excluding hydrogens is 633 g/mol. The molecule has 0 saturated carbocycles. The molecule has 220 valence electrons. The molecule has 0 spiro atoms. The van der Waals surface area contributed by atoms with Crippen LogP contribution in [0.2, 0.25) is 0 Å². The van der Waals surface area contributed by atoms with Gasteiger partial charge in [-0.3, -0.25) is 0 Å². The maximum absolute atomic E-state index is 5.45. The summed E-state index contributed by atoms with van der Waals surface area (Å²) in [5.74, 6) is 1.92. The Morgan fingerprint density at radius 1 is 0.404 bits per heavy atom. The van der Waals surface area contributed by atoms with Crippen molar-refractivity contribution < 1.29 is 0 Å². The predicted molar refractivity (Wildman–Crippen MR) is 201 cm³/mol. The molecule has 7 heteroatoms. The summed E-state index contributed by atoms with van der Waals surface area (Å²) in [7, 11) is 0. The summed E-state index contributed by atoms with van der Waals surface area (Å²) in [4.78, 5) is 20.8. The van der Waals surface area contributed by atoms with Crippen molar-refractivity contribution in [3.8, 4) is 44.7 Å². The van der Waals surface area contributed by atoms with Gasteiger partial charge in [-0.1, -0.05) is 115 Å². The molecule has 0 aliphatic carbocycles. The fourth-order valence-corrected chi connectivity index (χ4v) is 10.00. The van der Waals surface area contributed by atoms with Crippen LogP contribution in [-0.2, 0) is 0 Å². The van der Waals surface area contributed by atoms with Gasteiger partial charge in [-0.05, 0) is 18.2 Å². The first-order chi connectivity index (χ1) is 23.3. The van der Waals surface area contributed by atoms with Crippen molar-refractivity contribution in [1.29, 1.82) is 0 Å². The fourth-order valence-electron chi connectivity index (χ4n) is 6.44. The lowest BCUT2D eigenvalue weighted by atomic mass is 10.0. The Morgan fingerprint density at radius 2 is 1.00 bits per heavy atom. The highest BCUT2D eigenvalue weighted by Gasteiger charge is 2.23. The number of fused-ring (bicyclic) bond motifs is 7. The van der Waals surface area contributed by atoms with Crippen molar-refractivity contribution in [2.24, 2.45) is 0 Å². The Morgan fingerprint density at radius 3 is 1.72 bits per heavy atom. The van der Waals surface area contributed by atoms with Crippen molar-refractivity contribution in [2.75, 3.05) is 0 Å². The number of nitrogens with zero attached hydrogens (tertiary/aromatic N) is 4. The summed E-state index contributed by atoms with van der Waals surface area (Å²) >= 11 is 5.38. The zero-order valence-electron chi connectivity index (χ0n) is 24.7. The van der Waals surface area contributed by atoms with Gasteiger partial charge in [-0.2, -0.15) is 0 Å². The minimum absolute atomic E-state index is 0.633. The van der Waals surface area contributed by atoms with E-state index in [9.17, 15) is 0 Å². The average Bonchev–Trinajstić information content (AvgIpc) is 3.84. The summed E-state index contributed by atoms with van der Waals surface area (Å²) in [5, 5.41) is 5.89. The summed E-state index contributed by atoms with van der Waals surface area (Å²) < 4.78 is 6.11. The monoisotopic (exact) mass is 654 g/mol. The summed E-state index contributed by atoms with van der Waals surface area (Å²) in [6, 6.07) is 46.5. The Labute approximate surface area is 281 Å². The smallest absolute Gasteiger partial charge is 0.167 e. The molecule has 6 aromatic carbocycles. The number of hydrogen-bond donors (Lipinski definition) is 0. The van der Waals surface area contributed by atoms with E-state index >= 15 is 0 Å². The number of aromatic nitrogens is 4. The normalized spacial score (nSPS) is 11.8. The van der Waals surface area contributed by atoms with Crippen molar-refractivity contribution >= 4 is 84.6 Å². The lowest BCUT2D eigenvalue weighted by Crippen LogP contribution is -2.01. The van der Waals surface area contributed by atoms with Gasteiger partial charge in [0.15, 0.2) is 17.5 Å². The molecule has 0 N–H and O–H groups in total. The first-order valence-electron chi connectivity index (χ1n) is 15.3. The molecule has 0 atom stereocenters. The number of thiophene rings is 2. The van der Waals surface area contributed by atoms with Gasteiger partial charge in [0, 0.05) is 57.0 Å². The van der Waals surface area contributed by atoms with Crippen LogP contribution in [0.15, 0.2) is 133 Å². The van der Waals surface area contributed by atoms with E-state index in [1.165, 1.54) is 35.0 Å². The van der Waals surface area contributed by atoms with Gasteiger partial charge in [-0.15, -0.1) is 34.0 Å². The Hall–Kier alpha value is -5.34. The second kappa shape index (κ2) is 10.6. The summed E-state index contributed by atoms with van der Waals surface area (Å²) in [6.45, 7) is 0. The summed E-state index contributed by atoms with van der Waals surface area (Å²) in [6.07, 6.45) is 0. The van der Waals surface area contributed by atoms with Gasteiger partial charge in [0.2, 0.25) is 0 Å². The Kier molecular flexibility index (Phi) is 6.05. The lowest BCUT2D eigenvalue weighted by Gasteiger charge is -2.10. The van der Waals surface area contributed by atoms with Crippen LogP contribution in [0.5, 0.6) is 0 Å². The second-order valence-corrected chi connectivity index (χ2v) is 14.6. The van der Waals surface area contributed by atoms with Gasteiger partial charge in [-0.25, -0.2) is 19.9 Å². The predicted octanol–water partition coefficient (Wildman–Crippen LogP) is 11.9. The third kappa shape index (κ3) is 4.32. The number of benzene rings is 6. The highest BCUT2D eigenvalue weighted by molar-refractivity contribution is 7.28. The number of rotatable bonds is 4. The van der Waals surface area contributed by atoms with Crippen LogP contribution in [-0.4, -0.2) is 19.9 Å². The van der Waals surface area contributed by atoms with E-state index in [2.05, 4.69) is 97.1 Å². The van der Waals surface area contributed by atoms with Gasteiger partial charge >= 0.3 is 0 Å². The zero-order valence-corrected chi connectivity index (χ0v) is 27.2. The van der Waals surface area contributed by atoms with Gasteiger partial charge < -0.3 is 0 Å². The van der Waals surface area contributed by atoms with E-state index in [-0.39, 0.29) is 0 Å². The van der Waals surface area contributed by atoms with Crippen molar-refractivity contribution in [3.05, 3.63) is 133 Å². The molecule has 10 aromatic rings. The first-order valence-corrected chi connectivity index (χ1v) is 17.8. The zero-order chi connectivity index (χ0) is 30.9. The average molecular weight is 655 g/mol. The van der Waals surface area contributed by atoms with Gasteiger partial charge in [0.05, 0.1) is 15.8 Å². The highest BCUT2D eigenvalue weighted by Crippen LogP contribution is 2.47. The summed E-state index contributed by atoms with van der Waals surface area (Å²) in [5.41, 5.74) is 4.93. The van der Waals surface area contributed by atoms with Crippen LogP contribution in [0, 0.1) is 0 Å². The molecule has 0 fully saturated rings. The van der Waals surface area contributed by atoms with Gasteiger partial charge in [0.1, 0.15) is 5.01 Å². The second-order valence-electron chi connectivity index (χ2n) is 11.4. The quantitative estimate of drug-likeness (QED) is 0.189. The maximum atomic E-state index is 5.45. The Bertz CT molecular complexity index is 2740. The van der Waals surface area contributed by atoms with Crippen LogP contribution in [0.25, 0.3) is 95.3 Å². The Balaban J connectivity index is 1.30. The SMILES string of the molecule is c1ccc(-c2nc(-c3ccccc3)nc(-c3c4nc(-c5cccc6c5sc5ccccc56)sc4cc4sc5ccccc5c34)n2)cc1. The molecular formula is C40H22N4S3. The minimum atomic E-state index is 0.633. The van der Waals surface area contributed by atoms with E-state index in [4.69, 9.17) is 19.9 Å². The van der Waals surface area contributed by atoms with Crippen LogP contribution in [0.1, 0.15) is 0 Å². The van der Waals surface area contributed by atoms with Crippen LogP contribution in [0.3, 0.4) is 0 Å². The molecule has 10 rings (SSSR count). The molecule has 0 amide bonds. The van der Waals surface area contributed by atoms with E-state index in [1.54, 1.807) is 22.7 Å². The molecule has 0 saturated heterocycles. The molecule has 0 bridgehead atoms. The standard InChI is InChI=1S/C40H22N4S3/c1-3-12-23(13-4-1)37-42-38(24-14-5-2-6-15-24)44-39(43-37)34-33-27-17-8-10-21-30(27)45-31(33)22-32-35(34)41-40(47-32)28-19-11-18-26-25-16-7-9-20-29(25)46-36(26)28/h1-22H. The van der Waals surface area contributed by atoms with Crippen LogP contribution >= 0.6 is 34.0 Å². The number of thiazole rings is 1. The molecule has 4 heterocycles. The third-order valence-electron chi connectivity index (χ3n) is 8.58. The molecule has 4 nitrogen and oxygen atoms in total. The fraction of sp³-hybridized carbons (Fsp3) is 0. The lowest BCUT2D eigenvalue weighted by molar-refractivity contribution is 1.08. The van der Waals surface area contributed by atoms with Crippen LogP contribution in [0.4, 0.5) is 0 Å². The van der Waals surface area contributed by atoms with Gasteiger partial charge in [0.25, 0.3) is 0 Å². The topological polar surface area (TPSA) is 51.6 Å². The molecule has 0 aliphatic heterocycles. The van der Waals surface area contributed by atoms with Crippen LogP contribution < -0.4 is 0 Å². The van der Waals surface area contributed by atoms with Crippen molar-refractivity contribution in [3.63, 3.8) is 0 Å². The molecule has 0 radical (unpaired) electrons. The maximum Gasteiger partial charge on any atom is 0.167 e. The molecule has 0 aliphatic rings. The van der Waals surface area contributed by atoms with E-state index in [0.717, 1.165) is 42.9 Å². The van der Waals surface area contributed by atoms with E-state index in [0.29, 0.717) is 17.5 Å².